The minimum atomic E-state index is -1.16. The quantitative estimate of drug-likeness (QED) is 0.340. The van der Waals surface area contributed by atoms with Crippen molar-refractivity contribution >= 4 is 11.9 Å². The van der Waals surface area contributed by atoms with Gasteiger partial charge in [-0.15, -0.1) is 0 Å². The van der Waals surface area contributed by atoms with Crippen molar-refractivity contribution in [2.45, 2.75) is 18.9 Å². The van der Waals surface area contributed by atoms with Crippen LogP contribution in [0.25, 0.3) is 0 Å². The highest BCUT2D eigenvalue weighted by Crippen LogP contribution is 2.39. The normalized spacial score (nSPS) is 12.5. The number of aliphatic hydroxyl groups excluding tert-OH is 1. The van der Waals surface area contributed by atoms with E-state index in [0.29, 0.717) is 11.1 Å². The van der Waals surface area contributed by atoms with Gasteiger partial charge in [0.25, 0.3) is 0 Å². The molecular formula is C26H26O9. The maximum atomic E-state index is 12.1. The number of ether oxygens (including phenoxy) is 3. The first-order valence-electron chi connectivity index (χ1n) is 10.6. The largest absolute Gasteiger partial charge is 0.504 e. The van der Waals surface area contributed by atoms with Gasteiger partial charge in [-0.1, -0.05) is 23.8 Å². The zero-order valence-corrected chi connectivity index (χ0v) is 19.4. The van der Waals surface area contributed by atoms with Crippen LogP contribution in [-0.2, 0) is 0 Å². The summed E-state index contributed by atoms with van der Waals surface area (Å²) < 4.78 is 16.6. The van der Waals surface area contributed by atoms with Gasteiger partial charge in [-0.25, -0.2) is 9.59 Å². The van der Waals surface area contributed by atoms with Gasteiger partial charge in [0.05, 0.1) is 32.0 Å². The van der Waals surface area contributed by atoms with E-state index in [1.165, 1.54) is 44.6 Å². The van der Waals surface area contributed by atoms with Crippen molar-refractivity contribution < 1.29 is 44.2 Å². The molecule has 0 spiro atoms. The lowest BCUT2D eigenvalue weighted by Gasteiger charge is -2.29. The molecular weight excluding hydrogens is 456 g/mol. The van der Waals surface area contributed by atoms with Crippen LogP contribution in [0.1, 0.15) is 43.3 Å². The standard InChI is InChI=1S/C26H26O9/c1-14-4-7-17(26(31)32)18(10-14)24(15-5-8-19(28)21(11-15)33-2)23(13-27)35-20-9-6-16(25(29)30)12-22(20)34-3/h4-12,23-24,27-28H,13H2,1-3H3,(H,29,30)(H,31,32). The minimum absolute atomic E-state index is 0.0126. The maximum absolute atomic E-state index is 12.1. The first kappa shape index (κ1) is 25.4. The van der Waals surface area contributed by atoms with Crippen molar-refractivity contribution in [3.05, 3.63) is 82.4 Å². The molecule has 0 fully saturated rings. The van der Waals surface area contributed by atoms with Crippen LogP contribution in [0.5, 0.6) is 23.0 Å². The van der Waals surface area contributed by atoms with Crippen molar-refractivity contribution in [2.24, 2.45) is 0 Å². The number of benzene rings is 3. The Morgan fingerprint density at radius 1 is 0.857 bits per heavy atom. The predicted molar refractivity (Wildman–Crippen MR) is 126 cm³/mol. The zero-order valence-electron chi connectivity index (χ0n) is 19.4. The van der Waals surface area contributed by atoms with E-state index in [1.54, 1.807) is 24.3 Å². The van der Waals surface area contributed by atoms with Crippen LogP contribution in [0.2, 0.25) is 0 Å². The number of methoxy groups -OCH3 is 2. The van der Waals surface area contributed by atoms with Crippen LogP contribution in [0.4, 0.5) is 0 Å². The number of carboxylic acid groups (broad SMARTS) is 2. The summed E-state index contributed by atoms with van der Waals surface area (Å²) in [6.45, 7) is 1.29. The van der Waals surface area contributed by atoms with Crippen LogP contribution in [0.15, 0.2) is 54.6 Å². The first-order valence-corrected chi connectivity index (χ1v) is 10.6. The molecule has 0 aliphatic heterocycles. The summed E-state index contributed by atoms with van der Waals surface area (Å²) in [5.41, 5.74) is 1.70. The van der Waals surface area contributed by atoms with Crippen LogP contribution in [0, 0.1) is 6.92 Å². The van der Waals surface area contributed by atoms with E-state index < -0.39 is 30.6 Å². The second kappa shape index (κ2) is 10.8. The van der Waals surface area contributed by atoms with Gasteiger partial charge in [0.2, 0.25) is 0 Å². The molecule has 0 aliphatic carbocycles. The lowest BCUT2D eigenvalue weighted by atomic mass is 9.83. The molecule has 0 heterocycles. The first-order chi connectivity index (χ1) is 16.7. The van der Waals surface area contributed by atoms with E-state index in [4.69, 9.17) is 14.2 Å². The molecule has 3 aromatic carbocycles. The smallest absolute Gasteiger partial charge is 0.335 e. The van der Waals surface area contributed by atoms with Crippen molar-refractivity contribution in [1.29, 1.82) is 0 Å². The number of carboxylic acids is 2. The van der Waals surface area contributed by atoms with E-state index in [0.717, 1.165) is 5.56 Å². The van der Waals surface area contributed by atoms with Crippen LogP contribution < -0.4 is 14.2 Å². The molecule has 9 nitrogen and oxygen atoms in total. The molecule has 0 aliphatic rings. The zero-order chi connectivity index (χ0) is 25.7. The fourth-order valence-corrected chi connectivity index (χ4v) is 3.89. The van der Waals surface area contributed by atoms with Gasteiger partial charge < -0.3 is 34.6 Å². The number of aromatic carboxylic acids is 2. The number of aryl methyl sites for hydroxylation is 1. The second-order valence-electron chi connectivity index (χ2n) is 7.81. The molecule has 35 heavy (non-hydrogen) atoms. The van der Waals surface area contributed by atoms with Gasteiger partial charge in [-0.3, -0.25) is 0 Å². The molecule has 3 rings (SSSR count). The number of phenolic OH excluding ortho intramolecular Hbond substituents is 1. The second-order valence-corrected chi connectivity index (χ2v) is 7.81. The Kier molecular flexibility index (Phi) is 7.83. The van der Waals surface area contributed by atoms with E-state index in [1.807, 2.05) is 6.92 Å². The summed E-state index contributed by atoms with van der Waals surface area (Å²) in [5, 5.41) is 39.6. The van der Waals surface area contributed by atoms with Crippen LogP contribution >= 0.6 is 0 Å². The Morgan fingerprint density at radius 2 is 1.57 bits per heavy atom. The molecule has 2 unspecified atom stereocenters. The molecule has 0 aromatic heterocycles. The number of hydrogen-bond donors (Lipinski definition) is 4. The molecule has 3 aromatic rings. The third-order valence-electron chi connectivity index (χ3n) is 5.58. The van der Waals surface area contributed by atoms with Gasteiger partial charge in [0.15, 0.2) is 23.0 Å². The predicted octanol–water partition coefficient (Wildman–Crippen LogP) is 3.69. The van der Waals surface area contributed by atoms with Gasteiger partial charge in [0, 0.05) is 5.92 Å². The summed E-state index contributed by atoms with van der Waals surface area (Å²) in [5.74, 6) is -2.76. The molecule has 0 amide bonds. The van der Waals surface area contributed by atoms with E-state index in [-0.39, 0.29) is 34.1 Å². The summed E-state index contributed by atoms with van der Waals surface area (Å²) in [6.07, 6.45) is -1.02. The SMILES string of the molecule is COc1cc(C(c2cc(C)ccc2C(=O)O)C(CO)Oc2ccc(C(=O)O)cc2OC)ccc1O. The molecule has 0 saturated carbocycles. The molecule has 2 atom stereocenters. The summed E-state index contributed by atoms with van der Waals surface area (Å²) in [6, 6.07) is 13.4. The van der Waals surface area contributed by atoms with Gasteiger partial charge in [-0.05, 0) is 54.4 Å². The molecule has 0 radical (unpaired) electrons. The Morgan fingerprint density at radius 3 is 2.17 bits per heavy atom. The summed E-state index contributed by atoms with van der Waals surface area (Å²) in [7, 11) is 2.74. The fourth-order valence-electron chi connectivity index (χ4n) is 3.89. The lowest BCUT2D eigenvalue weighted by Crippen LogP contribution is -2.31. The average molecular weight is 482 g/mol. The number of rotatable bonds is 10. The van der Waals surface area contributed by atoms with Gasteiger partial charge >= 0.3 is 11.9 Å². The van der Waals surface area contributed by atoms with Crippen LogP contribution in [0.3, 0.4) is 0 Å². The van der Waals surface area contributed by atoms with Gasteiger partial charge in [0.1, 0.15) is 6.10 Å². The Hall–Kier alpha value is -4.24. The molecule has 9 heteroatoms. The lowest BCUT2D eigenvalue weighted by molar-refractivity contribution is 0.0683. The number of aliphatic hydroxyl groups is 1. The molecule has 0 saturated heterocycles. The Balaban J connectivity index is 2.19. The highest BCUT2D eigenvalue weighted by Gasteiger charge is 2.31. The Bertz CT molecular complexity index is 1240. The number of phenols is 1. The molecule has 4 N–H and O–H groups in total. The van der Waals surface area contributed by atoms with Crippen molar-refractivity contribution in [1.82, 2.24) is 0 Å². The van der Waals surface area contributed by atoms with Gasteiger partial charge in [-0.2, -0.15) is 0 Å². The maximum Gasteiger partial charge on any atom is 0.335 e. The topological polar surface area (TPSA) is 143 Å². The molecule has 184 valence electrons. The van der Waals surface area contributed by atoms with E-state index in [2.05, 4.69) is 0 Å². The minimum Gasteiger partial charge on any atom is -0.504 e. The average Bonchev–Trinajstić information content (AvgIpc) is 2.84. The Labute approximate surface area is 201 Å². The third kappa shape index (κ3) is 5.47. The fraction of sp³-hybridized carbons (Fsp3) is 0.231. The third-order valence-corrected chi connectivity index (χ3v) is 5.58. The van der Waals surface area contributed by atoms with E-state index >= 15 is 0 Å². The van der Waals surface area contributed by atoms with E-state index in [9.17, 15) is 30.0 Å². The highest BCUT2D eigenvalue weighted by molar-refractivity contribution is 5.90. The summed E-state index contributed by atoms with van der Waals surface area (Å²) >= 11 is 0. The molecule has 0 bridgehead atoms. The summed E-state index contributed by atoms with van der Waals surface area (Å²) in [4.78, 5) is 23.4. The van der Waals surface area contributed by atoms with Crippen molar-refractivity contribution in [3.63, 3.8) is 0 Å². The number of hydrogen-bond acceptors (Lipinski definition) is 7. The number of aromatic hydroxyl groups is 1. The highest BCUT2D eigenvalue weighted by atomic mass is 16.5. The van der Waals surface area contributed by atoms with Crippen LogP contribution in [-0.4, -0.2) is 59.3 Å². The monoisotopic (exact) mass is 482 g/mol. The van der Waals surface area contributed by atoms with Crippen molar-refractivity contribution in [3.8, 4) is 23.0 Å². The number of carbonyl (C=O) groups is 2. The van der Waals surface area contributed by atoms with Crippen molar-refractivity contribution in [2.75, 3.05) is 20.8 Å².